The van der Waals surface area contributed by atoms with Crippen molar-refractivity contribution < 1.29 is 24.1 Å². The number of carbonyl (C=O) groups excluding carboxylic acids is 1. The van der Waals surface area contributed by atoms with E-state index in [0.29, 0.717) is 37.6 Å². The van der Waals surface area contributed by atoms with Gasteiger partial charge in [0.25, 0.3) is 5.91 Å². The first-order valence-electron chi connectivity index (χ1n) is 16.0. The van der Waals surface area contributed by atoms with E-state index in [1.807, 2.05) is 109 Å². The summed E-state index contributed by atoms with van der Waals surface area (Å²) in [6.45, 7) is 0.828. The summed E-state index contributed by atoms with van der Waals surface area (Å²) in [4.78, 5) is 19.7. The SMILES string of the molecule is COc1ccccc1CNNC(=O)[C@@]1(Cc2ccccc2)N=C(c2ccc(OCCCO)cc2)O[C@H]1c1ccc(-c2ccccc2)cc1. The molecule has 244 valence electrons. The molecule has 1 aliphatic heterocycles. The molecule has 5 aromatic carbocycles. The molecule has 5 aromatic rings. The Morgan fingerprint density at radius 2 is 1.46 bits per heavy atom. The second kappa shape index (κ2) is 15.4. The maximum absolute atomic E-state index is 14.5. The lowest BCUT2D eigenvalue weighted by Gasteiger charge is -2.31. The molecule has 8 heteroatoms. The predicted octanol–water partition coefficient (Wildman–Crippen LogP) is 6.44. The number of hydrogen-bond acceptors (Lipinski definition) is 7. The van der Waals surface area contributed by atoms with E-state index in [9.17, 15) is 4.79 Å². The maximum atomic E-state index is 14.5. The lowest BCUT2D eigenvalue weighted by Crippen LogP contribution is -2.53. The van der Waals surface area contributed by atoms with Crippen molar-refractivity contribution in [3.8, 4) is 22.6 Å². The van der Waals surface area contributed by atoms with Crippen molar-refractivity contribution in [3.05, 3.63) is 156 Å². The smallest absolute Gasteiger partial charge is 0.266 e. The first-order chi connectivity index (χ1) is 23.6. The molecule has 0 saturated carbocycles. The van der Waals surface area contributed by atoms with Gasteiger partial charge in [0, 0.05) is 37.1 Å². The van der Waals surface area contributed by atoms with Crippen LogP contribution in [-0.4, -0.2) is 42.8 Å². The number of para-hydroxylation sites is 1. The van der Waals surface area contributed by atoms with Crippen molar-refractivity contribution in [1.82, 2.24) is 10.9 Å². The first kappa shape index (κ1) is 32.5. The third-order valence-electron chi connectivity index (χ3n) is 8.34. The molecule has 1 aliphatic rings. The fourth-order valence-corrected chi connectivity index (χ4v) is 5.85. The van der Waals surface area contributed by atoms with Gasteiger partial charge in [-0.2, -0.15) is 0 Å². The molecule has 0 aromatic heterocycles. The monoisotopic (exact) mass is 641 g/mol. The number of ether oxygens (including phenoxy) is 3. The molecule has 3 N–H and O–H groups in total. The zero-order valence-corrected chi connectivity index (χ0v) is 26.8. The number of nitrogens with one attached hydrogen (secondary N) is 2. The van der Waals surface area contributed by atoms with E-state index < -0.39 is 11.6 Å². The van der Waals surface area contributed by atoms with Gasteiger partial charge in [-0.1, -0.05) is 103 Å². The van der Waals surface area contributed by atoms with E-state index >= 15 is 0 Å². The number of amides is 1. The van der Waals surface area contributed by atoms with Gasteiger partial charge >= 0.3 is 0 Å². The molecule has 0 unspecified atom stereocenters. The quantitative estimate of drug-likeness (QED) is 0.0953. The van der Waals surface area contributed by atoms with Crippen molar-refractivity contribution in [2.75, 3.05) is 20.3 Å². The summed E-state index contributed by atoms with van der Waals surface area (Å²) >= 11 is 0. The van der Waals surface area contributed by atoms with Crippen LogP contribution >= 0.6 is 0 Å². The summed E-state index contributed by atoms with van der Waals surface area (Å²) in [7, 11) is 1.62. The van der Waals surface area contributed by atoms with Gasteiger partial charge < -0.3 is 19.3 Å². The van der Waals surface area contributed by atoms with E-state index in [2.05, 4.69) is 35.1 Å². The molecule has 0 saturated heterocycles. The fraction of sp³-hybridized carbons (Fsp3) is 0.200. The van der Waals surface area contributed by atoms with Gasteiger partial charge in [0.2, 0.25) is 5.90 Å². The highest BCUT2D eigenvalue weighted by molar-refractivity contribution is 6.01. The number of methoxy groups -OCH3 is 1. The van der Waals surface area contributed by atoms with Crippen LogP contribution in [0, 0.1) is 0 Å². The zero-order chi connectivity index (χ0) is 33.2. The Balaban J connectivity index is 1.36. The number of benzene rings is 5. The lowest BCUT2D eigenvalue weighted by atomic mass is 9.82. The minimum Gasteiger partial charge on any atom is -0.496 e. The Bertz CT molecular complexity index is 1810. The van der Waals surface area contributed by atoms with E-state index in [1.54, 1.807) is 7.11 Å². The summed E-state index contributed by atoms with van der Waals surface area (Å²) < 4.78 is 17.9. The van der Waals surface area contributed by atoms with Gasteiger partial charge in [-0.15, -0.1) is 0 Å². The Labute approximate surface area is 281 Å². The average molecular weight is 642 g/mol. The normalized spacial score (nSPS) is 16.9. The first-order valence-corrected chi connectivity index (χ1v) is 16.0. The topological polar surface area (TPSA) is 101 Å². The Morgan fingerprint density at radius 3 is 2.17 bits per heavy atom. The van der Waals surface area contributed by atoms with Crippen LogP contribution in [0.4, 0.5) is 0 Å². The molecular formula is C40H39N3O5. The molecule has 8 nitrogen and oxygen atoms in total. The number of rotatable bonds is 14. The molecule has 0 bridgehead atoms. The number of aliphatic hydroxyl groups excluding tert-OH is 1. The van der Waals surface area contributed by atoms with Crippen LogP contribution in [0.25, 0.3) is 11.1 Å². The highest BCUT2D eigenvalue weighted by Gasteiger charge is 2.53. The molecule has 0 fully saturated rings. The van der Waals surface area contributed by atoms with E-state index in [4.69, 9.17) is 24.3 Å². The fourth-order valence-electron chi connectivity index (χ4n) is 5.85. The molecule has 48 heavy (non-hydrogen) atoms. The van der Waals surface area contributed by atoms with Gasteiger partial charge in [-0.3, -0.25) is 10.2 Å². The lowest BCUT2D eigenvalue weighted by molar-refractivity contribution is -0.130. The van der Waals surface area contributed by atoms with Crippen molar-refractivity contribution in [2.45, 2.75) is 31.0 Å². The molecule has 0 radical (unpaired) electrons. The number of hydrogen-bond donors (Lipinski definition) is 3. The van der Waals surface area contributed by atoms with Gasteiger partial charge in [0.05, 0.1) is 13.7 Å². The van der Waals surface area contributed by atoms with Gasteiger partial charge in [0.15, 0.2) is 11.6 Å². The van der Waals surface area contributed by atoms with Crippen LogP contribution in [0.1, 0.15) is 34.8 Å². The Kier molecular flexibility index (Phi) is 10.4. The molecular weight excluding hydrogens is 602 g/mol. The number of hydrazine groups is 1. The molecule has 2 atom stereocenters. The van der Waals surface area contributed by atoms with Crippen LogP contribution < -0.4 is 20.3 Å². The van der Waals surface area contributed by atoms with Crippen LogP contribution in [-0.2, 0) is 22.5 Å². The minimum absolute atomic E-state index is 0.0652. The van der Waals surface area contributed by atoms with Crippen LogP contribution in [0.5, 0.6) is 11.5 Å². The summed E-state index contributed by atoms with van der Waals surface area (Å²) in [6.07, 6.45) is 0.114. The van der Waals surface area contributed by atoms with Crippen molar-refractivity contribution in [1.29, 1.82) is 0 Å². The van der Waals surface area contributed by atoms with Gasteiger partial charge in [0.1, 0.15) is 11.5 Å². The van der Waals surface area contributed by atoms with Crippen molar-refractivity contribution >= 4 is 11.8 Å². The maximum Gasteiger partial charge on any atom is 0.266 e. The summed E-state index contributed by atoms with van der Waals surface area (Å²) in [6, 6.07) is 43.3. The number of carbonyl (C=O) groups is 1. The number of nitrogens with zero attached hydrogens (tertiary/aromatic N) is 1. The molecule has 1 heterocycles. The van der Waals surface area contributed by atoms with Crippen LogP contribution in [0.2, 0.25) is 0 Å². The van der Waals surface area contributed by atoms with Gasteiger partial charge in [-0.25, -0.2) is 10.4 Å². The summed E-state index contributed by atoms with van der Waals surface area (Å²) in [5, 5.41) is 9.10. The predicted molar refractivity (Wildman–Crippen MR) is 187 cm³/mol. The van der Waals surface area contributed by atoms with Crippen molar-refractivity contribution in [2.24, 2.45) is 4.99 Å². The van der Waals surface area contributed by atoms with E-state index in [0.717, 1.165) is 39.1 Å². The average Bonchev–Trinajstić information content (AvgIpc) is 3.53. The molecule has 1 amide bonds. The second-order valence-electron chi connectivity index (χ2n) is 11.6. The van der Waals surface area contributed by atoms with E-state index in [-0.39, 0.29) is 12.5 Å². The Morgan fingerprint density at radius 1 is 0.812 bits per heavy atom. The third kappa shape index (κ3) is 7.41. The minimum atomic E-state index is -1.35. The molecule has 0 aliphatic carbocycles. The van der Waals surface area contributed by atoms with Gasteiger partial charge in [-0.05, 0) is 52.6 Å². The second-order valence-corrected chi connectivity index (χ2v) is 11.6. The third-order valence-corrected chi connectivity index (χ3v) is 8.34. The Hall–Kier alpha value is -5.44. The highest BCUT2D eigenvalue weighted by Crippen LogP contribution is 2.43. The highest BCUT2D eigenvalue weighted by atomic mass is 16.5. The molecule has 6 rings (SSSR count). The number of aliphatic imine (C=N–C) groups is 1. The largest absolute Gasteiger partial charge is 0.496 e. The van der Waals surface area contributed by atoms with Crippen molar-refractivity contribution in [3.63, 3.8) is 0 Å². The summed E-state index contributed by atoms with van der Waals surface area (Å²) in [5.74, 6) is 1.44. The number of aliphatic hydroxyl groups is 1. The summed E-state index contributed by atoms with van der Waals surface area (Å²) in [5.41, 5.74) is 10.3. The zero-order valence-electron chi connectivity index (χ0n) is 26.8. The van der Waals surface area contributed by atoms with Crippen LogP contribution in [0.15, 0.2) is 138 Å². The standard InChI is InChI=1S/C40H39N3O5/c1-46-36-16-9-8-15-34(36)28-41-43-39(45)40(27-29-11-4-2-5-12-29)37(32-19-17-31(18-20-32)30-13-6-3-7-14-30)48-38(42-40)33-21-23-35(24-22-33)47-26-10-25-44/h2-9,11-24,37,41,44H,10,25-28H2,1H3,(H,43,45)/t37-,40-/m0/s1. The molecule has 0 spiro atoms. The van der Waals surface area contributed by atoms with Crippen LogP contribution in [0.3, 0.4) is 0 Å². The van der Waals surface area contributed by atoms with E-state index in [1.165, 1.54) is 0 Å².